The molecule has 1 nitrogen and oxygen atoms in total. The lowest BCUT2D eigenvalue weighted by Gasteiger charge is -2.23. The van der Waals surface area contributed by atoms with Crippen molar-refractivity contribution in [2.75, 3.05) is 5.32 Å². The van der Waals surface area contributed by atoms with E-state index >= 15 is 0 Å². The van der Waals surface area contributed by atoms with Crippen LogP contribution in [-0.4, -0.2) is 6.04 Å². The third kappa shape index (κ3) is 0.635. The predicted octanol–water partition coefficient (Wildman–Crippen LogP) is 2.49. The van der Waals surface area contributed by atoms with Crippen molar-refractivity contribution in [1.82, 2.24) is 0 Å². The van der Waals surface area contributed by atoms with Crippen LogP contribution in [0.2, 0.25) is 0 Å². The quantitative estimate of drug-likeness (QED) is 0.663. The molecule has 0 aromatic carbocycles. The normalized spacial score (nSPS) is 11.9. The van der Waals surface area contributed by atoms with Gasteiger partial charge in [0.05, 0.1) is 0 Å². The molecule has 1 N–H and O–H groups in total. The maximum Gasteiger partial charge on any atom is 0.0428 e. The summed E-state index contributed by atoms with van der Waals surface area (Å²) in [6.45, 7) is 4.31. The molecule has 0 fully saturated rings. The molecule has 2 rings (SSSR count). The number of hydrogen-bond acceptors (Lipinski definition) is 1. The SMILES string of the molecule is CC(C)Nc1cc2ccc1-2. The average molecular weight is 133 g/mol. The summed E-state index contributed by atoms with van der Waals surface area (Å²) >= 11 is 0. The molecular weight excluding hydrogens is 122 g/mol. The van der Waals surface area contributed by atoms with Crippen LogP contribution >= 0.6 is 0 Å². The van der Waals surface area contributed by atoms with Crippen LogP contribution in [0.15, 0.2) is 18.2 Å². The van der Waals surface area contributed by atoms with Crippen molar-refractivity contribution >= 4 is 5.69 Å². The summed E-state index contributed by atoms with van der Waals surface area (Å²) in [7, 11) is 0. The minimum absolute atomic E-state index is 0.550. The van der Waals surface area contributed by atoms with E-state index in [0.29, 0.717) is 6.04 Å². The van der Waals surface area contributed by atoms with E-state index < -0.39 is 0 Å². The van der Waals surface area contributed by atoms with Gasteiger partial charge in [-0.25, -0.2) is 0 Å². The van der Waals surface area contributed by atoms with Crippen LogP contribution in [0.5, 0.6) is 0 Å². The predicted molar refractivity (Wildman–Crippen MR) is 44.2 cm³/mol. The molecule has 0 aliphatic heterocycles. The van der Waals surface area contributed by atoms with E-state index in [4.69, 9.17) is 0 Å². The van der Waals surface area contributed by atoms with Gasteiger partial charge in [-0.3, -0.25) is 0 Å². The van der Waals surface area contributed by atoms with Gasteiger partial charge in [0, 0.05) is 17.3 Å². The zero-order chi connectivity index (χ0) is 7.14. The molecule has 0 saturated heterocycles. The molecule has 0 bridgehead atoms. The smallest absolute Gasteiger partial charge is 0.0428 e. The fourth-order valence-corrected chi connectivity index (χ4v) is 1.22. The van der Waals surface area contributed by atoms with Gasteiger partial charge in [-0.05, 0) is 25.5 Å². The van der Waals surface area contributed by atoms with Crippen LogP contribution in [0.25, 0.3) is 11.1 Å². The first-order valence-corrected chi connectivity index (χ1v) is 3.68. The molecule has 0 aromatic heterocycles. The zero-order valence-electron chi connectivity index (χ0n) is 6.31. The lowest BCUT2D eigenvalue weighted by Crippen LogP contribution is -2.13. The van der Waals surface area contributed by atoms with Gasteiger partial charge in [0.2, 0.25) is 0 Å². The van der Waals surface area contributed by atoms with Crippen molar-refractivity contribution in [3.63, 3.8) is 0 Å². The Labute approximate surface area is 61.1 Å². The minimum atomic E-state index is 0.550. The van der Waals surface area contributed by atoms with Crippen LogP contribution in [0.4, 0.5) is 5.69 Å². The molecule has 0 unspecified atom stereocenters. The number of anilines is 1. The number of hydrogen-bond donors (Lipinski definition) is 1. The van der Waals surface area contributed by atoms with Gasteiger partial charge in [0.25, 0.3) is 0 Å². The molecule has 0 amide bonds. The van der Waals surface area contributed by atoms with Crippen LogP contribution < -0.4 is 5.32 Å². The van der Waals surface area contributed by atoms with Crippen molar-refractivity contribution in [1.29, 1.82) is 0 Å². The summed E-state index contributed by atoms with van der Waals surface area (Å²) in [5, 5.41) is 3.36. The molecule has 52 valence electrons. The van der Waals surface area contributed by atoms with E-state index in [9.17, 15) is 0 Å². The van der Waals surface area contributed by atoms with E-state index in [1.165, 1.54) is 16.8 Å². The lowest BCUT2D eigenvalue weighted by atomic mass is 9.90. The van der Waals surface area contributed by atoms with E-state index in [-0.39, 0.29) is 0 Å². The highest BCUT2D eigenvalue weighted by molar-refractivity contribution is 5.91. The maximum atomic E-state index is 3.36. The highest BCUT2D eigenvalue weighted by Crippen LogP contribution is 2.40. The minimum Gasteiger partial charge on any atom is -0.382 e. The second kappa shape index (κ2) is 1.75. The van der Waals surface area contributed by atoms with Gasteiger partial charge in [-0.1, -0.05) is 12.1 Å². The molecule has 2 aliphatic carbocycles. The molecule has 0 radical (unpaired) electrons. The molecule has 0 aromatic rings. The maximum absolute atomic E-state index is 3.36. The number of nitrogens with one attached hydrogen (secondary N) is 1. The Kier molecular flexibility index (Phi) is 1.01. The fourth-order valence-electron chi connectivity index (χ4n) is 1.22. The summed E-state index contributed by atoms with van der Waals surface area (Å²) in [6, 6.07) is 7.03. The summed E-state index contributed by atoms with van der Waals surface area (Å²) in [4.78, 5) is 0. The Morgan fingerprint density at radius 2 is 2.10 bits per heavy atom. The van der Waals surface area contributed by atoms with Crippen molar-refractivity contribution in [3.8, 4) is 11.1 Å². The van der Waals surface area contributed by atoms with Crippen LogP contribution in [0.3, 0.4) is 0 Å². The van der Waals surface area contributed by atoms with Gasteiger partial charge < -0.3 is 5.32 Å². The summed E-state index contributed by atoms with van der Waals surface area (Å²) in [5.41, 5.74) is 4.13. The molecule has 2 aliphatic rings. The summed E-state index contributed by atoms with van der Waals surface area (Å²) in [6.07, 6.45) is 0. The first-order valence-electron chi connectivity index (χ1n) is 3.68. The van der Waals surface area contributed by atoms with Crippen molar-refractivity contribution in [3.05, 3.63) is 18.2 Å². The lowest BCUT2D eigenvalue weighted by molar-refractivity contribution is 0.898. The third-order valence-electron chi connectivity index (χ3n) is 1.77. The number of benzene rings is 1. The first kappa shape index (κ1) is 5.78. The Morgan fingerprint density at radius 1 is 1.30 bits per heavy atom. The van der Waals surface area contributed by atoms with Gasteiger partial charge >= 0.3 is 0 Å². The molecule has 1 heteroatoms. The third-order valence-corrected chi connectivity index (χ3v) is 1.77. The van der Waals surface area contributed by atoms with Crippen molar-refractivity contribution < 1.29 is 0 Å². The van der Waals surface area contributed by atoms with E-state index in [0.717, 1.165) is 0 Å². The van der Waals surface area contributed by atoms with Crippen molar-refractivity contribution in [2.45, 2.75) is 19.9 Å². The molecule has 0 heterocycles. The molecular formula is C9H11N. The highest BCUT2D eigenvalue weighted by atomic mass is 14.9. The van der Waals surface area contributed by atoms with Gasteiger partial charge in [-0.15, -0.1) is 0 Å². The number of rotatable bonds is 2. The van der Waals surface area contributed by atoms with Crippen molar-refractivity contribution in [2.24, 2.45) is 0 Å². The Bertz CT molecular complexity index is 263. The second-order valence-electron chi connectivity index (χ2n) is 3.06. The Morgan fingerprint density at radius 3 is 2.40 bits per heavy atom. The summed E-state index contributed by atoms with van der Waals surface area (Å²) in [5.74, 6) is 0. The zero-order valence-corrected chi connectivity index (χ0v) is 6.31. The molecule has 0 saturated carbocycles. The monoisotopic (exact) mass is 133 g/mol. The first-order chi connectivity index (χ1) is 4.77. The second-order valence-corrected chi connectivity index (χ2v) is 3.06. The van der Waals surface area contributed by atoms with Gasteiger partial charge in [0.15, 0.2) is 0 Å². The molecule has 0 atom stereocenters. The van der Waals surface area contributed by atoms with Crippen LogP contribution in [0.1, 0.15) is 13.8 Å². The van der Waals surface area contributed by atoms with E-state index in [1.807, 2.05) is 0 Å². The van der Waals surface area contributed by atoms with Gasteiger partial charge in [0.1, 0.15) is 0 Å². The molecule has 0 spiro atoms. The van der Waals surface area contributed by atoms with Crippen LogP contribution in [-0.2, 0) is 0 Å². The van der Waals surface area contributed by atoms with E-state index in [1.54, 1.807) is 0 Å². The van der Waals surface area contributed by atoms with E-state index in [2.05, 4.69) is 37.4 Å². The molecule has 10 heavy (non-hydrogen) atoms. The standard InChI is InChI=1S/C9H11N/c1-6(2)10-9-5-7-3-4-8(7)9/h3-6,10H,1-2H3. The Hall–Kier alpha value is -0.980. The Balaban J connectivity index is 2.12. The average Bonchev–Trinajstić information content (AvgIpc) is 1.80. The largest absolute Gasteiger partial charge is 0.382 e. The highest BCUT2D eigenvalue weighted by Gasteiger charge is 2.15. The summed E-state index contributed by atoms with van der Waals surface area (Å²) < 4.78 is 0. The van der Waals surface area contributed by atoms with Crippen LogP contribution in [0, 0.1) is 0 Å². The number of fused-ring (bicyclic) bond motifs is 1. The topological polar surface area (TPSA) is 12.0 Å². The fraction of sp³-hybridized carbons (Fsp3) is 0.333. The van der Waals surface area contributed by atoms with Gasteiger partial charge in [-0.2, -0.15) is 0 Å².